The second kappa shape index (κ2) is 6.35. The third-order valence-electron chi connectivity index (χ3n) is 3.53. The second-order valence-electron chi connectivity index (χ2n) is 4.95. The maximum absolute atomic E-state index is 5.94. The second-order valence-corrected chi connectivity index (χ2v) is 5.39. The SMILES string of the molecule is NNC(COc1cccc(Cl)c1)c1ccc2c(c1)CCO2. The smallest absolute Gasteiger partial charge is 0.122 e. The fourth-order valence-electron chi connectivity index (χ4n) is 2.40. The van der Waals surface area contributed by atoms with Gasteiger partial charge in [-0.1, -0.05) is 29.8 Å². The summed E-state index contributed by atoms with van der Waals surface area (Å²) < 4.78 is 11.3. The highest BCUT2D eigenvalue weighted by molar-refractivity contribution is 6.30. The highest BCUT2D eigenvalue weighted by Crippen LogP contribution is 2.28. The summed E-state index contributed by atoms with van der Waals surface area (Å²) >= 11 is 5.94. The summed E-state index contributed by atoms with van der Waals surface area (Å²) in [5.41, 5.74) is 5.10. The zero-order valence-electron chi connectivity index (χ0n) is 11.5. The van der Waals surface area contributed by atoms with Crippen LogP contribution in [0.5, 0.6) is 11.5 Å². The van der Waals surface area contributed by atoms with Gasteiger partial charge in [0.15, 0.2) is 0 Å². The van der Waals surface area contributed by atoms with E-state index in [4.69, 9.17) is 26.9 Å². The Kier molecular flexibility index (Phi) is 4.29. The first-order valence-corrected chi connectivity index (χ1v) is 7.24. The number of halogens is 1. The van der Waals surface area contributed by atoms with Crippen LogP contribution in [0.25, 0.3) is 0 Å². The van der Waals surface area contributed by atoms with Crippen molar-refractivity contribution in [1.29, 1.82) is 0 Å². The molecule has 0 aromatic heterocycles. The van der Waals surface area contributed by atoms with E-state index in [0.29, 0.717) is 11.6 Å². The minimum atomic E-state index is -0.0881. The fraction of sp³-hybridized carbons (Fsp3) is 0.250. The molecule has 1 unspecified atom stereocenters. The molecule has 1 atom stereocenters. The van der Waals surface area contributed by atoms with E-state index in [1.807, 2.05) is 30.3 Å². The Morgan fingerprint density at radius 1 is 1.29 bits per heavy atom. The average molecular weight is 305 g/mol. The van der Waals surface area contributed by atoms with E-state index in [-0.39, 0.29) is 6.04 Å². The number of hydrazine groups is 1. The lowest BCUT2D eigenvalue weighted by Gasteiger charge is -2.18. The first-order chi connectivity index (χ1) is 10.3. The third kappa shape index (κ3) is 3.29. The van der Waals surface area contributed by atoms with Crippen molar-refractivity contribution in [1.82, 2.24) is 5.43 Å². The standard InChI is InChI=1S/C16H17ClN2O2/c17-13-2-1-3-14(9-13)21-10-15(19-18)11-4-5-16-12(8-11)6-7-20-16/h1-5,8-9,15,19H,6-7,10,18H2. The predicted octanol–water partition coefficient (Wildman–Crippen LogP) is 2.86. The van der Waals surface area contributed by atoms with Crippen LogP contribution in [-0.2, 0) is 6.42 Å². The number of fused-ring (bicyclic) bond motifs is 1. The number of hydrogen-bond donors (Lipinski definition) is 2. The van der Waals surface area contributed by atoms with Gasteiger partial charge < -0.3 is 9.47 Å². The van der Waals surface area contributed by atoms with Gasteiger partial charge in [-0.2, -0.15) is 0 Å². The van der Waals surface area contributed by atoms with E-state index in [1.165, 1.54) is 5.56 Å². The molecular formula is C16H17ClN2O2. The lowest BCUT2D eigenvalue weighted by Crippen LogP contribution is -2.32. The van der Waals surface area contributed by atoms with Crippen LogP contribution in [0.2, 0.25) is 5.02 Å². The summed E-state index contributed by atoms with van der Waals surface area (Å²) in [6.45, 7) is 1.18. The zero-order valence-corrected chi connectivity index (χ0v) is 12.3. The number of ether oxygens (including phenoxy) is 2. The number of hydrogen-bond acceptors (Lipinski definition) is 4. The van der Waals surface area contributed by atoms with E-state index >= 15 is 0 Å². The van der Waals surface area contributed by atoms with Gasteiger partial charge in [-0.05, 0) is 35.4 Å². The Morgan fingerprint density at radius 2 is 2.19 bits per heavy atom. The van der Waals surface area contributed by atoms with Crippen LogP contribution in [0.3, 0.4) is 0 Å². The molecular weight excluding hydrogens is 288 g/mol. The third-order valence-corrected chi connectivity index (χ3v) is 3.76. The molecule has 0 amide bonds. The average Bonchev–Trinajstić information content (AvgIpc) is 2.95. The highest BCUT2D eigenvalue weighted by atomic mass is 35.5. The molecule has 21 heavy (non-hydrogen) atoms. The van der Waals surface area contributed by atoms with Crippen LogP contribution in [-0.4, -0.2) is 13.2 Å². The van der Waals surface area contributed by atoms with Crippen molar-refractivity contribution < 1.29 is 9.47 Å². The molecule has 0 saturated heterocycles. The molecule has 110 valence electrons. The molecule has 3 rings (SSSR count). The molecule has 0 saturated carbocycles. The molecule has 0 aliphatic carbocycles. The van der Waals surface area contributed by atoms with Crippen molar-refractivity contribution in [3.63, 3.8) is 0 Å². The molecule has 1 heterocycles. The topological polar surface area (TPSA) is 56.5 Å². The van der Waals surface area contributed by atoms with E-state index in [0.717, 1.165) is 30.1 Å². The Balaban J connectivity index is 1.70. The van der Waals surface area contributed by atoms with Gasteiger partial charge in [0.2, 0.25) is 0 Å². The van der Waals surface area contributed by atoms with E-state index in [9.17, 15) is 0 Å². The van der Waals surface area contributed by atoms with Gasteiger partial charge in [-0.3, -0.25) is 5.84 Å². The molecule has 4 nitrogen and oxygen atoms in total. The molecule has 3 N–H and O–H groups in total. The molecule has 0 bridgehead atoms. The Morgan fingerprint density at radius 3 is 3.00 bits per heavy atom. The molecule has 0 spiro atoms. The van der Waals surface area contributed by atoms with Crippen molar-refractivity contribution in [2.24, 2.45) is 5.84 Å². The number of benzene rings is 2. The van der Waals surface area contributed by atoms with Crippen LogP contribution in [0.1, 0.15) is 17.2 Å². The minimum Gasteiger partial charge on any atom is -0.493 e. The van der Waals surface area contributed by atoms with Gasteiger partial charge >= 0.3 is 0 Å². The van der Waals surface area contributed by atoms with Crippen LogP contribution < -0.4 is 20.7 Å². The van der Waals surface area contributed by atoms with Gasteiger partial charge in [-0.15, -0.1) is 0 Å². The number of nitrogens with one attached hydrogen (secondary N) is 1. The van der Waals surface area contributed by atoms with Crippen LogP contribution in [0.4, 0.5) is 0 Å². The summed E-state index contributed by atoms with van der Waals surface area (Å²) in [4.78, 5) is 0. The van der Waals surface area contributed by atoms with Gasteiger partial charge in [0.1, 0.15) is 18.1 Å². The van der Waals surface area contributed by atoms with E-state index < -0.39 is 0 Å². The van der Waals surface area contributed by atoms with Gasteiger partial charge in [0, 0.05) is 11.4 Å². The predicted molar refractivity (Wildman–Crippen MR) is 82.7 cm³/mol. The van der Waals surface area contributed by atoms with E-state index in [2.05, 4.69) is 11.5 Å². The largest absolute Gasteiger partial charge is 0.493 e. The molecule has 0 radical (unpaired) electrons. The highest BCUT2D eigenvalue weighted by Gasteiger charge is 2.16. The first-order valence-electron chi connectivity index (χ1n) is 6.86. The molecule has 2 aromatic rings. The molecule has 1 aliphatic heterocycles. The molecule has 1 aliphatic rings. The monoisotopic (exact) mass is 304 g/mol. The first kappa shape index (κ1) is 14.2. The maximum atomic E-state index is 5.94. The molecule has 2 aromatic carbocycles. The minimum absolute atomic E-state index is 0.0881. The molecule has 0 fully saturated rings. The van der Waals surface area contributed by atoms with Gasteiger partial charge in [-0.25, -0.2) is 5.43 Å². The summed E-state index contributed by atoms with van der Waals surface area (Å²) in [6.07, 6.45) is 0.940. The Labute approximate surface area is 128 Å². The van der Waals surface area contributed by atoms with Crippen molar-refractivity contribution in [3.8, 4) is 11.5 Å². The van der Waals surface area contributed by atoms with E-state index in [1.54, 1.807) is 6.07 Å². The van der Waals surface area contributed by atoms with Crippen LogP contribution in [0, 0.1) is 0 Å². The normalized spacial score (nSPS) is 14.4. The van der Waals surface area contributed by atoms with Gasteiger partial charge in [0.05, 0.1) is 12.6 Å². The quantitative estimate of drug-likeness (QED) is 0.659. The van der Waals surface area contributed by atoms with Crippen molar-refractivity contribution >= 4 is 11.6 Å². The summed E-state index contributed by atoms with van der Waals surface area (Å²) in [5, 5.41) is 0.652. The summed E-state index contributed by atoms with van der Waals surface area (Å²) in [5.74, 6) is 7.35. The Bertz CT molecular complexity index is 633. The van der Waals surface area contributed by atoms with Crippen LogP contribution >= 0.6 is 11.6 Å². The Hall–Kier alpha value is -1.75. The summed E-state index contributed by atoms with van der Waals surface area (Å²) in [7, 11) is 0. The van der Waals surface area contributed by atoms with Crippen LogP contribution in [0.15, 0.2) is 42.5 Å². The molecule has 5 heteroatoms. The van der Waals surface area contributed by atoms with Crippen molar-refractivity contribution in [2.45, 2.75) is 12.5 Å². The summed E-state index contributed by atoms with van der Waals surface area (Å²) in [6, 6.07) is 13.4. The van der Waals surface area contributed by atoms with Crippen molar-refractivity contribution in [2.75, 3.05) is 13.2 Å². The zero-order chi connectivity index (χ0) is 14.7. The lowest BCUT2D eigenvalue weighted by atomic mass is 10.0. The van der Waals surface area contributed by atoms with Gasteiger partial charge in [0.25, 0.3) is 0 Å². The number of nitrogens with two attached hydrogens (primary N) is 1. The fourth-order valence-corrected chi connectivity index (χ4v) is 2.58. The maximum Gasteiger partial charge on any atom is 0.122 e. The van der Waals surface area contributed by atoms with Crippen molar-refractivity contribution in [3.05, 3.63) is 58.6 Å². The number of rotatable bonds is 5. The lowest BCUT2D eigenvalue weighted by molar-refractivity contribution is 0.267.